The van der Waals surface area contributed by atoms with Gasteiger partial charge in [0.2, 0.25) is 0 Å². The van der Waals surface area contributed by atoms with E-state index < -0.39 is 0 Å². The van der Waals surface area contributed by atoms with Crippen LogP contribution in [0.15, 0.2) is 36.4 Å². The lowest BCUT2D eigenvalue weighted by atomic mass is 9.88. The summed E-state index contributed by atoms with van der Waals surface area (Å²) in [6, 6.07) is 13.3. The van der Waals surface area contributed by atoms with Gasteiger partial charge in [0.25, 0.3) is 5.82 Å². The topological polar surface area (TPSA) is 8.81 Å². The van der Waals surface area contributed by atoms with Crippen molar-refractivity contribution in [1.82, 2.24) is 4.57 Å². The fraction of sp³-hybridized carbons (Fsp3) is 0.316. The van der Waals surface area contributed by atoms with Crippen molar-refractivity contribution in [2.45, 2.75) is 33.2 Å². The number of hydrogen-bond acceptors (Lipinski definition) is 0. The lowest BCUT2D eigenvalue weighted by Crippen LogP contribution is -2.32. The number of rotatable bonds is 0. The molecule has 0 saturated heterocycles. The van der Waals surface area contributed by atoms with Gasteiger partial charge in [0.05, 0.1) is 12.6 Å². The van der Waals surface area contributed by atoms with Crippen molar-refractivity contribution in [2.24, 2.45) is 7.05 Å². The zero-order valence-corrected chi connectivity index (χ0v) is 13.4. The molecule has 1 aliphatic heterocycles. The van der Waals surface area contributed by atoms with E-state index in [1.165, 1.54) is 39.1 Å². The molecule has 2 nitrogen and oxygen atoms in total. The Kier molecular flexibility index (Phi) is 2.26. The highest BCUT2D eigenvalue weighted by Crippen LogP contribution is 2.46. The fourth-order valence-corrected chi connectivity index (χ4v) is 4.09. The van der Waals surface area contributed by atoms with E-state index in [0.29, 0.717) is 0 Å². The number of aromatic nitrogens is 2. The minimum atomic E-state index is -0.0123. The van der Waals surface area contributed by atoms with Crippen LogP contribution in [-0.4, -0.2) is 4.57 Å². The molecule has 0 bridgehead atoms. The summed E-state index contributed by atoms with van der Waals surface area (Å²) in [6.07, 6.45) is 0. The molecule has 1 aromatic heterocycles. The first-order valence-electron chi connectivity index (χ1n) is 7.55. The van der Waals surface area contributed by atoms with Crippen molar-refractivity contribution in [2.75, 3.05) is 0 Å². The van der Waals surface area contributed by atoms with Gasteiger partial charge in [0.15, 0.2) is 0 Å². The van der Waals surface area contributed by atoms with E-state index in [1.807, 2.05) is 0 Å². The van der Waals surface area contributed by atoms with Crippen molar-refractivity contribution >= 4 is 10.8 Å². The Balaban J connectivity index is 2.22. The molecular weight excluding hydrogens is 256 g/mol. The predicted octanol–water partition coefficient (Wildman–Crippen LogP) is 3.85. The van der Waals surface area contributed by atoms with E-state index in [9.17, 15) is 0 Å². The zero-order valence-electron chi connectivity index (χ0n) is 13.4. The SMILES string of the molecule is Cc1c(C)[n+](C)c2n1C(C)(C)c1c-2ccc2ccccc12. The normalized spacial score (nSPS) is 15.3. The molecular formula is C19H21N2+. The minimum Gasteiger partial charge on any atom is -0.230 e. The van der Waals surface area contributed by atoms with Gasteiger partial charge in [-0.05, 0) is 30.7 Å². The molecule has 1 aliphatic rings. The summed E-state index contributed by atoms with van der Waals surface area (Å²) in [5.41, 5.74) is 5.52. The van der Waals surface area contributed by atoms with Gasteiger partial charge in [-0.15, -0.1) is 0 Å². The van der Waals surface area contributed by atoms with Crippen molar-refractivity contribution in [3.05, 3.63) is 53.3 Å². The molecule has 2 heteroatoms. The van der Waals surface area contributed by atoms with Crippen molar-refractivity contribution in [1.29, 1.82) is 0 Å². The van der Waals surface area contributed by atoms with E-state index in [-0.39, 0.29) is 5.54 Å². The highest BCUT2D eigenvalue weighted by molar-refractivity contribution is 5.93. The van der Waals surface area contributed by atoms with Crippen LogP contribution in [0.3, 0.4) is 0 Å². The summed E-state index contributed by atoms with van der Waals surface area (Å²) < 4.78 is 4.83. The molecule has 3 aromatic rings. The van der Waals surface area contributed by atoms with Crippen molar-refractivity contribution < 1.29 is 4.57 Å². The number of benzene rings is 2. The number of fused-ring (bicyclic) bond motifs is 5. The molecule has 0 unspecified atom stereocenters. The van der Waals surface area contributed by atoms with Crippen LogP contribution < -0.4 is 4.57 Å². The molecule has 0 amide bonds. The third kappa shape index (κ3) is 1.35. The molecule has 0 N–H and O–H groups in total. The lowest BCUT2D eigenvalue weighted by Gasteiger charge is -2.20. The Labute approximate surface area is 125 Å². The molecule has 0 saturated carbocycles. The van der Waals surface area contributed by atoms with Crippen LogP contribution in [0.5, 0.6) is 0 Å². The predicted molar refractivity (Wildman–Crippen MR) is 86.4 cm³/mol. The number of hydrogen-bond donors (Lipinski definition) is 0. The zero-order chi connectivity index (χ0) is 14.9. The Morgan fingerprint density at radius 1 is 1.00 bits per heavy atom. The molecule has 0 fully saturated rings. The number of imidazole rings is 1. The molecule has 0 aliphatic carbocycles. The van der Waals surface area contributed by atoms with E-state index >= 15 is 0 Å². The minimum absolute atomic E-state index is 0.0123. The third-order valence-electron chi connectivity index (χ3n) is 5.23. The molecule has 2 aromatic carbocycles. The summed E-state index contributed by atoms with van der Waals surface area (Å²) in [4.78, 5) is 0. The maximum atomic E-state index is 2.50. The quantitative estimate of drug-likeness (QED) is 0.552. The van der Waals surface area contributed by atoms with Gasteiger partial charge >= 0.3 is 0 Å². The second-order valence-electron chi connectivity index (χ2n) is 6.66. The largest absolute Gasteiger partial charge is 0.290 e. The van der Waals surface area contributed by atoms with Crippen LogP contribution in [-0.2, 0) is 12.6 Å². The standard InChI is InChI=1S/C19H21N2/c1-12-13(2)21-18(20(12)5)16-11-10-14-8-6-7-9-15(14)17(16)19(21,3)4/h6-11H,1-5H3/q+1. The first-order valence-corrected chi connectivity index (χ1v) is 7.55. The van der Waals surface area contributed by atoms with Crippen LogP contribution >= 0.6 is 0 Å². The smallest absolute Gasteiger partial charge is 0.230 e. The fourth-order valence-electron chi connectivity index (χ4n) is 4.09. The summed E-state index contributed by atoms with van der Waals surface area (Å²) in [5, 5.41) is 2.70. The maximum Gasteiger partial charge on any atom is 0.290 e. The molecule has 0 spiro atoms. The molecule has 0 radical (unpaired) electrons. The van der Waals surface area contributed by atoms with Gasteiger partial charge in [0, 0.05) is 19.4 Å². The maximum absolute atomic E-state index is 2.50. The highest BCUT2D eigenvalue weighted by Gasteiger charge is 2.46. The monoisotopic (exact) mass is 277 g/mol. The summed E-state index contributed by atoms with van der Waals surface area (Å²) in [5.74, 6) is 1.33. The summed E-state index contributed by atoms with van der Waals surface area (Å²) in [7, 11) is 2.18. The summed E-state index contributed by atoms with van der Waals surface area (Å²) in [6.45, 7) is 9.11. The second kappa shape index (κ2) is 3.76. The van der Waals surface area contributed by atoms with Crippen LogP contribution in [0.1, 0.15) is 30.8 Å². The van der Waals surface area contributed by atoms with Crippen molar-refractivity contribution in [3.63, 3.8) is 0 Å². The molecule has 4 rings (SSSR count). The van der Waals surface area contributed by atoms with E-state index in [1.54, 1.807) is 0 Å². The van der Waals surface area contributed by atoms with Crippen molar-refractivity contribution in [3.8, 4) is 11.4 Å². The van der Waals surface area contributed by atoms with Gasteiger partial charge in [-0.2, -0.15) is 0 Å². The second-order valence-corrected chi connectivity index (χ2v) is 6.66. The molecule has 21 heavy (non-hydrogen) atoms. The van der Waals surface area contributed by atoms with E-state index in [0.717, 1.165) is 0 Å². The first kappa shape index (κ1) is 12.6. The average molecular weight is 277 g/mol. The third-order valence-corrected chi connectivity index (χ3v) is 5.23. The average Bonchev–Trinajstić information content (AvgIpc) is 2.85. The first-order chi connectivity index (χ1) is 9.94. The molecule has 106 valence electrons. The molecule has 0 atom stereocenters. The Bertz CT molecular complexity index is 898. The van der Waals surface area contributed by atoms with Crippen LogP contribution in [0, 0.1) is 13.8 Å². The van der Waals surface area contributed by atoms with E-state index in [2.05, 4.69) is 80.3 Å². The van der Waals surface area contributed by atoms with Gasteiger partial charge in [0.1, 0.15) is 16.9 Å². The summed E-state index contributed by atoms with van der Waals surface area (Å²) >= 11 is 0. The highest BCUT2D eigenvalue weighted by atomic mass is 15.2. The number of nitrogens with zero attached hydrogens (tertiary/aromatic N) is 2. The van der Waals surface area contributed by atoms with Crippen LogP contribution in [0.4, 0.5) is 0 Å². The lowest BCUT2D eigenvalue weighted by molar-refractivity contribution is -0.665. The van der Waals surface area contributed by atoms with Gasteiger partial charge in [-0.3, -0.25) is 0 Å². The Morgan fingerprint density at radius 2 is 1.71 bits per heavy atom. The van der Waals surface area contributed by atoms with Gasteiger partial charge in [-0.25, -0.2) is 9.13 Å². The van der Waals surface area contributed by atoms with Crippen LogP contribution in [0.25, 0.3) is 22.2 Å². The Morgan fingerprint density at radius 3 is 2.48 bits per heavy atom. The van der Waals surface area contributed by atoms with Crippen LogP contribution in [0.2, 0.25) is 0 Å². The van der Waals surface area contributed by atoms with Gasteiger partial charge in [-0.1, -0.05) is 30.3 Å². The van der Waals surface area contributed by atoms with E-state index in [4.69, 9.17) is 0 Å². The van der Waals surface area contributed by atoms with Gasteiger partial charge < -0.3 is 0 Å². The molecule has 2 heterocycles. The Hall–Kier alpha value is -2.09.